The molecule has 0 amide bonds. The van der Waals surface area contributed by atoms with E-state index in [0.29, 0.717) is 11.4 Å². The van der Waals surface area contributed by atoms with E-state index in [4.69, 9.17) is 14.5 Å². The van der Waals surface area contributed by atoms with Gasteiger partial charge < -0.3 is 14.6 Å². The molecule has 0 saturated heterocycles. The van der Waals surface area contributed by atoms with E-state index < -0.39 is 0 Å². The van der Waals surface area contributed by atoms with Crippen LogP contribution in [0, 0.1) is 0 Å². The summed E-state index contributed by atoms with van der Waals surface area (Å²) in [5.74, 6) is 1.61. The summed E-state index contributed by atoms with van der Waals surface area (Å²) in [4.78, 5) is 4.77. The Kier molecular flexibility index (Phi) is 3.88. The zero-order chi connectivity index (χ0) is 18.3. The maximum atomic E-state index is 9.62. The predicted octanol–water partition coefficient (Wildman–Crippen LogP) is 4.06. The van der Waals surface area contributed by atoms with Gasteiger partial charge in [0.15, 0.2) is 17.1 Å². The van der Waals surface area contributed by atoms with Gasteiger partial charge in [0.2, 0.25) is 0 Å². The van der Waals surface area contributed by atoms with Gasteiger partial charge in [-0.2, -0.15) is 5.10 Å². The first-order valence-corrected chi connectivity index (χ1v) is 8.38. The lowest BCUT2D eigenvalue weighted by atomic mass is 9.95. The summed E-state index contributed by atoms with van der Waals surface area (Å²) < 4.78 is 11.2. The van der Waals surface area contributed by atoms with E-state index in [-0.39, 0.29) is 5.75 Å². The maximum absolute atomic E-state index is 9.62. The number of H-pyrrole nitrogens is 1. The van der Waals surface area contributed by atoms with Crippen molar-refractivity contribution in [3.63, 3.8) is 0 Å². The summed E-state index contributed by atoms with van der Waals surface area (Å²) >= 11 is 0. The number of nitrogens with zero attached hydrogens (tertiary/aromatic N) is 2. The van der Waals surface area contributed by atoms with Gasteiger partial charge >= 0.3 is 0 Å². The van der Waals surface area contributed by atoms with Crippen molar-refractivity contribution in [3.8, 4) is 28.5 Å². The highest BCUT2D eigenvalue weighted by atomic mass is 16.5. The second-order valence-corrected chi connectivity index (χ2v) is 6.01. The van der Waals surface area contributed by atoms with Crippen molar-refractivity contribution in [2.45, 2.75) is 13.3 Å². The van der Waals surface area contributed by atoms with Crippen molar-refractivity contribution < 1.29 is 14.6 Å². The number of phenolic OH excluding ortho intramolecular Hbond substituents is 1. The first-order chi connectivity index (χ1) is 12.7. The molecule has 0 bridgehead atoms. The van der Waals surface area contributed by atoms with Crippen LogP contribution in [-0.2, 0) is 6.42 Å². The Morgan fingerprint density at radius 2 is 1.85 bits per heavy atom. The number of hydrogen-bond donors (Lipinski definition) is 2. The molecule has 0 atom stereocenters. The first kappa shape index (κ1) is 16.2. The quantitative estimate of drug-likeness (QED) is 0.581. The Morgan fingerprint density at radius 3 is 2.50 bits per heavy atom. The van der Waals surface area contributed by atoms with Crippen molar-refractivity contribution in [3.05, 3.63) is 42.1 Å². The number of aromatic hydroxyl groups is 1. The van der Waals surface area contributed by atoms with Crippen molar-refractivity contribution in [1.29, 1.82) is 0 Å². The number of rotatable bonds is 4. The molecule has 4 rings (SSSR count). The van der Waals surface area contributed by atoms with Gasteiger partial charge in [-0.05, 0) is 36.8 Å². The second kappa shape index (κ2) is 6.22. The van der Waals surface area contributed by atoms with Gasteiger partial charge in [0.05, 0.1) is 26.1 Å². The molecule has 0 spiro atoms. The van der Waals surface area contributed by atoms with Gasteiger partial charge in [0.25, 0.3) is 0 Å². The fraction of sp³-hybridized carbons (Fsp3) is 0.200. The minimum Gasteiger partial charge on any atom is -0.508 e. The fourth-order valence-corrected chi connectivity index (χ4v) is 3.46. The number of phenols is 1. The van der Waals surface area contributed by atoms with Crippen LogP contribution in [-0.4, -0.2) is 34.5 Å². The molecule has 0 aliphatic rings. The van der Waals surface area contributed by atoms with Crippen LogP contribution in [0.5, 0.6) is 17.2 Å². The fourth-order valence-electron chi connectivity index (χ4n) is 3.46. The Bertz CT molecular complexity index is 1100. The number of pyridine rings is 1. The number of aromatic nitrogens is 3. The van der Waals surface area contributed by atoms with Crippen molar-refractivity contribution in [2.24, 2.45) is 0 Å². The van der Waals surface area contributed by atoms with Crippen molar-refractivity contribution in [2.75, 3.05) is 14.2 Å². The van der Waals surface area contributed by atoms with Gasteiger partial charge in [0, 0.05) is 27.3 Å². The zero-order valence-corrected chi connectivity index (χ0v) is 14.8. The monoisotopic (exact) mass is 349 g/mol. The molecule has 2 aromatic heterocycles. The molecule has 0 aliphatic heterocycles. The van der Waals surface area contributed by atoms with E-state index in [1.807, 2.05) is 18.2 Å². The second-order valence-electron chi connectivity index (χ2n) is 6.01. The summed E-state index contributed by atoms with van der Waals surface area (Å²) in [6.45, 7) is 2.09. The third-order valence-corrected chi connectivity index (χ3v) is 4.63. The van der Waals surface area contributed by atoms with E-state index in [9.17, 15) is 5.11 Å². The van der Waals surface area contributed by atoms with Crippen LogP contribution in [0.3, 0.4) is 0 Å². The molecule has 6 nitrogen and oxygen atoms in total. The minimum absolute atomic E-state index is 0.217. The van der Waals surface area contributed by atoms with Crippen LogP contribution in [0.1, 0.15) is 12.5 Å². The number of methoxy groups -OCH3 is 2. The van der Waals surface area contributed by atoms with Crippen LogP contribution in [0.15, 0.2) is 36.5 Å². The lowest BCUT2D eigenvalue weighted by molar-refractivity contribution is 0.353. The minimum atomic E-state index is 0.217. The van der Waals surface area contributed by atoms with Crippen LogP contribution >= 0.6 is 0 Å². The number of aromatic amines is 1. The summed E-state index contributed by atoms with van der Waals surface area (Å²) in [6, 6.07) is 8.96. The Labute approximate surface area is 150 Å². The number of fused-ring (bicyclic) bond motifs is 3. The lowest BCUT2D eigenvalue weighted by Crippen LogP contribution is -1.99. The number of ether oxygens (including phenoxy) is 2. The average Bonchev–Trinajstić information content (AvgIpc) is 3.14. The molecule has 132 valence electrons. The third kappa shape index (κ3) is 2.34. The molecule has 2 aromatic carbocycles. The highest BCUT2D eigenvalue weighted by Gasteiger charge is 2.20. The Balaban J connectivity index is 2.19. The smallest absolute Gasteiger partial charge is 0.164 e. The van der Waals surface area contributed by atoms with Crippen LogP contribution < -0.4 is 9.47 Å². The van der Waals surface area contributed by atoms with E-state index in [2.05, 4.69) is 17.1 Å². The molecule has 0 saturated carbocycles. The molecular weight excluding hydrogens is 330 g/mol. The molecule has 2 N–H and O–H groups in total. The summed E-state index contributed by atoms with van der Waals surface area (Å²) in [5.41, 5.74) is 3.46. The van der Waals surface area contributed by atoms with E-state index in [1.165, 1.54) is 0 Å². The van der Waals surface area contributed by atoms with Gasteiger partial charge in [-0.3, -0.25) is 5.10 Å². The molecule has 26 heavy (non-hydrogen) atoms. The van der Waals surface area contributed by atoms with Crippen LogP contribution in [0.2, 0.25) is 0 Å². The lowest BCUT2D eigenvalue weighted by Gasteiger charge is -2.17. The molecule has 4 aromatic rings. The maximum Gasteiger partial charge on any atom is 0.164 e. The highest BCUT2D eigenvalue weighted by molar-refractivity contribution is 6.13. The van der Waals surface area contributed by atoms with Gasteiger partial charge in [-0.1, -0.05) is 6.92 Å². The molecule has 0 aliphatic carbocycles. The topological polar surface area (TPSA) is 80.3 Å². The predicted molar refractivity (Wildman–Crippen MR) is 101 cm³/mol. The van der Waals surface area contributed by atoms with Gasteiger partial charge in [0.1, 0.15) is 5.75 Å². The third-order valence-electron chi connectivity index (χ3n) is 4.63. The number of hydrogen-bond acceptors (Lipinski definition) is 5. The van der Waals surface area contributed by atoms with E-state index in [0.717, 1.165) is 45.1 Å². The Hall–Kier alpha value is -3.28. The number of aryl methyl sites for hydroxylation is 1. The molecule has 2 heterocycles. The van der Waals surface area contributed by atoms with E-state index in [1.54, 1.807) is 32.5 Å². The van der Waals surface area contributed by atoms with E-state index >= 15 is 0 Å². The molecule has 6 heteroatoms. The number of nitrogens with one attached hydrogen (secondary N) is 1. The molecule has 0 radical (unpaired) electrons. The average molecular weight is 349 g/mol. The number of benzene rings is 2. The van der Waals surface area contributed by atoms with Crippen molar-refractivity contribution in [1.82, 2.24) is 15.2 Å². The highest BCUT2D eigenvalue weighted by Crippen LogP contribution is 2.43. The summed E-state index contributed by atoms with van der Waals surface area (Å²) in [7, 11) is 3.28. The van der Waals surface area contributed by atoms with Crippen LogP contribution in [0.4, 0.5) is 0 Å². The van der Waals surface area contributed by atoms with Crippen LogP contribution in [0.25, 0.3) is 33.1 Å². The molecular formula is C20H19N3O3. The van der Waals surface area contributed by atoms with Crippen molar-refractivity contribution >= 4 is 21.8 Å². The Morgan fingerprint density at radius 1 is 1.08 bits per heavy atom. The SMILES string of the molecule is CCc1c(OC)c(OC)cc2c(-c3ccc(O)cc3)nc3[nH]ncc3c12. The normalized spacial score (nSPS) is 11.2. The standard InChI is InChI=1S/C20H19N3O3/c1-4-13-17-14(9-16(25-2)19(13)26-3)18(11-5-7-12(24)8-6-11)22-20-15(17)10-21-23-20/h5-10,24H,4H2,1-3H3,(H,21,22,23). The molecule has 0 fully saturated rings. The summed E-state index contributed by atoms with van der Waals surface area (Å²) in [5, 5.41) is 19.7. The molecule has 0 unspecified atom stereocenters. The van der Waals surface area contributed by atoms with Gasteiger partial charge in [-0.15, -0.1) is 0 Å². The summed E-state index contributed by atoms with van der Waals surface area (Å²) in [6.07, 6.45) is 2.56. The first-order valence-electron chi connectivity index (χ1n) is 8.38. The largest absolute Gasteiger partial charge is 0.508 e. The van der Waals surface area contributed by atoms with Gasteiger partial charge in [-0.25, -0.2) is 4.98 Å². The zero-order valence-electron chi connectivity index (χ0n) is 14.8.